The Balaban J connectivity index is 1.79. The Morgan fingerprint density at radius 1 is 1.09 bits per heavy atom. The standard InChI is InChI=1S/C21H31N7O5S/c1-4-27(17(29)15-25-10-12-26(13-11-25)34(32,33)24(2)3)18-19(22)28(21(31)23-20(18)30)14-16-8-6-5-7-9-16/h5-9H,4,10-15,22H2,1-3H3,(H,23,30,31). The van der Waals surface area contributed by atoms with Crippen molar-refractivity contribution in [1.29, 1.82) is 0 Å². The van der Waals surface area contributed by atoms with E-state index in [1.807, 2.05) is 35.2 Å². The fourth-order valence-corrected chi connectivity index (χ4v) is 4.93. The van der Waals surface area contributed by atoms with Crippen LogP contribution in [0.1, 0.15) is 12.5 Å². The van der Waals surface area contributed by atoms with Crippen LogP contribution in [0.4, 0.5) is 11.5 Å². The molecule has 0 spiro atoms. The van der Waals surface area contributed by atoms with Gasteiger partial charge in [0.05, 0.1) is 13.1 Å². The van der Waals surface area contributed by atoms with E-state index < -0.39 is 21.5 Å². The first-order chi connectivity index (χ1) is 16.1. The van der Waals surface area contributed by atoms with Gasteiger partial charge in [-0.15, -0.1) is 0 Å². The van der Waals surface area contributed by atoms with Gasteiger partial charge in [0.1, 0.15) is 5.82 Å². The molecule has 186 valence electrons. The van der Waals surface area contributed by atoms with Gasteiger partial charge in [-0.05, 0) is 12.5 Å². The van der Waals surface area contributed by atoms with Crippen molar-refractivity contribution in [3.63, 3.8) is 0 Å². The minimum atomic E-state index is -3.51. The summed E-state index contributed by atoms with van der Waals surface area (Å²) in [5, 5.41) is 0. The van der Waals surface area contributed by atoms with E-state index in [-0.39, 0.29) is 50.1 Å². The monoisotopic (exact) mass is 493 g/mol. The maximum Gasteiger partial charge on any atom is 0.330 e. The topological polar surface area (TPSA) is 145 Å². The Hall–Kier alpha value is -3.00. The molecule has 0 bridgehead atoms. The molecule has 12 nitrogen and oxygen atoms in total. The number of aromatic amines is 1. The van der Waals surface area contributed by atoms with E-state index in [0.29, 0.717) is 13.1 Å². The highest BCUT2D eigenvalue weighted by atomic mass is 32.2. The van der Waals surface area contributed by atoms with E-state index in [9.17, 15) is 22.8 Å². The zero-order chi connectivity index (χ0) is 25.0. The number of nitrogens with one attached hydrogen (secondary N) is 1. The Morgan fingerprint density at radius 2 is 1.71 bits per heavy atom. The van der Waals surface area contributed by atoms with Crippen molar-refractivity contribution in [2.24, 2.45) is 0 Å². The molecule has 0 atom stereocenters. The quantitative estimate of drug-likeness (QED) is 0.477. The summed E-state index contributed by atoms with van der Waals surface area (Å²) < 4.78 is 28.4. The van der Waals surface area contributed by atoms with Gasteiger partial charge in [0.25, 0.3) is 15.8 Å². The average Bonchev–Trinajstić information content (AvgIpc) is 2.80. The van der Waals surface area contributed by atoms with Crippen molar-refractivity contribution in [3.05, 3.63) is 56.7 Å². The Kier molecular flexibility index (Phi) is 7.92. The lowest BCUT2D eigenvalue weighted by molar-refractivity contribution is -0.120. The van der Waals surface area contributed by atoms with E-state index in [1.165, 1.54) is 27.9 Å². The molecule has 3 rings (SSSR count). The van der Waals surface area contributed by atoms with Crippen LogP contribution >= 0.6 is 0 Å². The van der Waals surface area contributed by atoms with Crippen LogP contribution in [0.15, 0.2) is 39.9 Å². The second-order valence-corrected chi connectivity index (χ2v) is 10.3. The molecule has 1 amide bonds. The summed E-state index contributed by atoms with van der Waals surface area (Å²) in [7, 11) is -0.560. The maximum absolute atomic E-state index is 13.1. The number of aromatic nitrogens is 2. The Morgan fingerprint density at radius 3 is 2.26 bits per heavy atom. The molecule has 1 aromatic carbocycles. The van der Waals surface area contributed by atoms with Crippen molar-refractivity contribution in [2.45, 2.75) is 13.5 Å². The summed E-state index contributed by atoms with van der Waals surface area (Å²) >= 11 is 0. The SMILES string of the molecule is CCN(C(=O)CN1CCN(S(=O)(=O)N(C)C)CC1)c1c(N)n(Cc2ccccc2)c(=O)[nH]c1=O. The van der Waals surface area contributed by atoms with Crippen molar-refractivity contribution in [2.75, 3.05) is 64.0 Å². The summed E-state index contributed by atoms with van der Waals surface area (Å²) in [5.41, 5.74) is 5.59. The number of hydrogen-bond acceptors (Lipinski definition) is 7. The van der Waals surface area contributed by atoms with Gasteiger partial charge in [0.2, 0.25) is 5.91 Å². The summed E-state index contributed by atoms with van der Waals surface area (Å²) in [6.07, 6.45) is 0. The van der Waals surface area contributed by atoms with Crippen LogP contribution in [-0.2, 0) is 21.5 Å². The predicted molar refractivity (Wildman–Crippen MR) is 130 cm³/mol. The van der Waals surface area contributed by atoms with Gasteiger partial charge in [-0.25, -0.2) is 4.79 Å². The number of carbonyl (C=O) groups excluding carboxylic acids is 1. The van der Waals surface area contributed by atoms with Crippen LogP contribution in [0.25, 0.3) is 0 Å². The number of likely N-dealkylation sites (N-methyl/N-ethyl adjacent to an activating group) is 1. The smallest absolute Gasteiger partial charge is 0.330 e. The molecule has 1 aliphatic rings. The van der Waals surface area contributed by atoms with Crippen LogP contribution in [0.5, 0.6) is 0 Å². The van der Waals surface area contributed by atoms with Gasteiger partial charge in [0.15, 0.2) is 5.69 Å². The number of nitrogen functional groups attached to an aromatic ring is 1. The van der Waals surface area contributed by atoms with Crippen LogP contribution in [-0.4, -0.2) is 90.8 Å². The van der Waals surface area contributed by atoms with E-state index >= 15 is 0 Å². The van der Waals surface area contributed by atoms with Gasteiger partial charge in [-0.3, -0.25) is 24.0 Å². The highest BCUT2D eigenvalue weighted by Gasteiger charge is 2.30. The van der Waals surface area contributed by atoms with E-state index in [2.05, 4.69) is 4.98 Å². The first-order valence-electron chi connectivity index (χ1n) is 10.9. The fraction of sp³-hybridized carbons (Fsp3) is 0.476. The van der Waals surface area contributed by atoms with Crippen LogP contribution in [0.3, 0.4) is 0 Å². The molecule has 0 radical (unpaired) electrons. The minimum Gasteiger partial charge on any atom is -0.383 e. The molecular formula is C21H31N7O5S. The lowest BCUT2D eigenvalue weighted by Crippen LogP contribution is -2.54. The number of benzene rings is 1. The number of H-pyrrole nitrogens is 1. The largest absolute Gasteiger partial charge is 0.383 e. The number of amides is 1. The highest BCUT2D eigenvalue weighted by Crippen LogP contribution is 2.18. The van der Waals surface area contributed by atoms with Crippen molar-refractivity contribution in [3.8, 4) is 0 Å². The Labute approximate surface area is 198 Å². The van der Waals surface area contributed by atoms with Crippen LogP contribution in [0, 0.1) is 0 Å². The lowest BCUT2D eigenvalue weighted by atomic mass is 10.2. The van der Waals surface area contributed by atoms with Gasteiger partial charge in [-0.2, -0.15) is 17.0 Å². The maximum atomic E-state index is 13.1. The molecule has 0 unspecified atom stereocenters. The van der Waals surface area contributed by atoms with Crippen molar-refractivity contribution in [1.82, 2.24) is 23.1 Å². The molecule has 3 N–H and O–H groups in total. The first kappa shape index (κ1) is 25.6. The molecule has 34 heavy (non-hydrogen) atoms. The second kappa shape index (κ2) is 10.5. The number of anilines is 2. The van der Waals surface area contributed by atoms with Gasteiger partial charge in [0, 0.05) is 46.8 Å². The summed E-state index contributed by atoms with van der Waals surface area (Å²) in [6, 6.07) is 9.16. The molecule has 1 aromatic heterocycles. The molecule has 0 saturated carbocycles. The van der Waals surface area contributed by atoms with Crippen molar-refractivity contribution >= 4 is 27.6 Å². The number of carbonyl (C=O) groups is 1. The molecule has 1 saturated heterocycles. The van der Waals surface area contributed by atoms with Crippen molar-refractivity contribution < 1.29 is 13.2 Å². The Bertz CT molecular complexity index is 1230. The average molecular weight is 494 g/mol. The van der Waals surface area contributed by atoms with Crippen LogP contribution in [0.2, 0.25) is 0 Å². The zero-order valence-corrected chi connectivity index (χ0v) is 20.4. The third-order valence-electron chi connectivity index (χ3n) is 5.76. The van der Waals surface area contributed by atoms with E-state index in [1.54, 1.807) is 6.92 Å². The number of nitrogens with zero attached hydrogens (tertiary/aromatic N) is 5. The molecule has 2 heterocycles. The molecular weight excluding hydrogens is 462 g/mol. The molecule has 1 aliphatic heterocycles. The fourth-order valence-electron chi connectivity index (χ4n) is 3.85. The summed E-state index contributed by atoms with van der Waals surface area (Å²) in [5.74, 6) is -0.455. The van der Waals surface area contributed by atoms with E-state index in [0.717, 1.165) is 9.87 Å². The minimum absolute atomic E-state index is 0.0135. The molecule has 13 heteroatoms. The van der Waals surface area contributed by atoms with Gasteiger partial charge in [-0.1, -0.05) is 30.3 Å². The van der Waals surface area contributed by atoms with Gasteiger partial charge >= 0.3 is 5.69 Å². The number of rotatable bonds is 8. The van der Waals surface area contributed by atoms with Gasteiger partial charge < -0.3 is 10.6 Å². The number of piperazine rings is 1. The molecule has 2 aromatic rings. The summed E-state index contributed by atoms with van der Waals surface area (Å²) in [6.45, 7) is 3.26. The highest BCUT2D eigenvalue weighted by molar-refractivity contribution is 7.86. The predicted octanol–water partition coefficient (Wildman–Crippen LogP) is -1.06. The number of hydrogen-bond donors (Lipinski definition) is 2. The van der Waals surface area contributed by atoms with E-state index in [4.69, 9.17) is 5.73 Å². The third kappa shape index (κ3) is 5.38. The summed E-state index contributed by atoms with van der Waals surface area (Å²) in [4.78, 5) is 43.6. The molecule has 0 aliphatic carbocycles. The first-order valence-corrected chi connectivity index (χ1v) is 12.3. The second-order valence-electron chi connectivity index (χ2n) is 8.17. The molecule has 1 fully saturated rings. The van der Waals surface area contributed by atoms with Crippen LogP contribution < -0.4 is 21.9 Å². The number of nitrogens with two attached hydrogens (primary N) is 1. The lowest BCUT2D eigenvalue weighted by Gasteiger charge is -2.35. The normalized spacial score (nSPS) is 15.5. The zero-order valence-electron chi connectivity index (χ0n) is 19.6. The third-order valence-corrected chi connectivity index (χ3v) is 7.70.